The van der Waals surface area contributed by atoms with Gasteiger partial charge in [-0.25, -0.2) is 0 Å². The molecule has 0 aromatic heterocycles. The molecule has 1 saturated heterocycles. The van der Waals surface area contributed by atoms with Gasteiger partial charge in [-0.3, -0.25) is 4.79 Å². The number of amides is 1. The number of rotatable bonds is 2. The summed E-state index contributed by atoms with van der Waals surface area (Å²) in [6.45, 7) is 1.65. The van der Waals surface area contributed by atoms with Crippen LogP contribution in [0.25, 0.3) is 0 Å². The Balaban J connectivity index is 2.35. The first kappa shape index (κ1) is 9.86. The van der Waals surface area contributed by atoms with Gasteiger partial charge >= 0.3 is 0 Å². The maximum Gasteiger partial charge on any atom is 0.232 e. The summed E-state index contributed by atoms with van der Waals surface area (Å²) in [5.41, 5.74) is 5.76. The summed E-state index contributed by atoms with van der Waals surface area (Å²) in [6, 6.07) is 0.199. The van der Waals surface area contributed by atoms with Crippen LogP contribution < -0.4 is 5.73 Å². The molecule has 3 nitrogen and oxygen atoms in total. The van der Waals surface area contributed by atoms with Crippen LogP contribution in [0.2, 0.25) is 0 Å². The molecule has 1 rings (SSSR count). The molecule has 0 saturated carbocycles. The molecule has 1 aliphatic heterocycles. The van der Waals surface area contributed by atoms with Crippen LogP contribution in [0.4, 0.5) is 0 Å². The zero-order valence-electron chi connectivity index (χ0n) is 7.45. The van der Waals surface area contributed by atoms with Crippen molar-refractivity contribution in [2.45, 2.75) is 18.9 Å². The number of piperidine rings is 1. The van der Waals surface area contributed by atoms with Gasteiger partial charge in [0, 0.05) is 19.1 Å². The second kappa shape index (κ2) is 4.72. The summed E-state index contributed by atoms with van der Waals surface area (Å²) in [5.74, 6) is 0.824. The summed E-state index contributed by atoms with van der Waals surface area (Å²) in [5, 5.41) is 0. The number of nitrogens with two attached hydrogens (primary N) is 1. The summed E-state index contributed by atoms with van der Waals surface area (Å²) in [7, 11) is 0. The fourth-order valence-corrected chi connectivity index (χ4v) is 1.88. The van der Waals surface area contributed by atoms with Crippen molar-refractivity contribution in [3.63, 3.8) is 0 Å². The highest BCUT2D eigenvalue weighted by Crippen LogP contribution is 2.09. The molecule has 4 heteroatoms. The van der Waals surface area contributed by atoms with Crippen molar-refractivity contribution in [2.75, 3.05) is 25.1 Å². The van der Waals surface area contributed by atoms with E-state index in [1.165, 1.54) is 0 Å². The monoisotopic (exact) mass is 188 g/mol. The van der Waals surface area contributed by atoms with Crippen LogP contribution in [0, 0.1) is 0 Å². The standard InChI is InChI=1S/C8H16N2OS/c1-12-6-8(11)10-4-2-3-7(9)5-10/h7H,2-6,9H2,1H3. The second-order valence-electron chi connectivity index (χ2n) is 3.18. The van der Waals surface area contributed by atoms with Crippen molar-refractivity contribution < 1.29 is 4.79 Å². The third kappa shape index (κ3) is 2.68. The normalized spacial score (nSPS) is 24.2. The molecule has 1 heterocycles. The Labute approximate surface area is 77.7 Å². The van der Waals surface area contributed by atoms with E-state index in [0.717, 1.165) is 25.9 Å². The van der Waals surface area contributed by atoms with Crippen molar-refractivity contribution in [3.8, 4) is 0 Å². The molecule has 0 spiro atoms. The predicted molar refractivity (Wildman–Crippen MR) is 52.2 cm³/mol. The van der Waals surface area contributed by atoms with E-state index in [9.17, 15) is 4.79 Å². The Morgan fingerprint density at radius 1 is 1.75 bits per heavy atom. The van der Waals surface area contributed by atoms with Gasteiger partial charge in [-0.2, -0.15) is 11.8 Å². The number of nitrogens with zero attached hydrogens (tertiary/aromatic N) is 1. The molecule has 1 atom stereocenters. The van der Waals surface area contributed by atoms with Crippen LogP contribution in [0.5, 0.6) is 0 Å². The van der Waals surface area contributed by atoms with Crippen LogP contribution in [0.15, 0.2) is 0 Å². The molecule has 0 bridgehead atoms. The largest absolute Gasteiger partial charge is 0.340 e. The lowest BCUT2D eigenvalue weighted by Crippen LogP contribution is -2.46. The predicted octanol–water partition coefficient (Wildman–Crippen LogP) is 0.299. The molecule has 0 aromatic rings. The summed E-state index contributed by atoms with van der Waals surface area (Å²) >= 11 is 1.57. The van der Waals surface area contributed by atoms with Crippen molar-refractivity contribution in [1.82, 2.24) is 4.90 Å². The minimum Gasteiger partial charge on any atom is -0.340 e. The SMILES string of the molecule is CSCC(=O)N1CCCC(N)C1. The highest BCUT2D eigenvalue weighted by atomic mass is 32.2. The van der Waals surface area contributed by atoms with Gasteiger partial charge in [-0.05, 0) is 19.1 Å². The average Bonchev–Trinajstić information content (AvgIpc) is 2.05. The fourth-order valence-electron chi connectivity index (χ4n) is 1.45. The molecule has 1 unspecified atom stereocenters. The Morgan fingerprint density at radius 2 is 2.50 bits per heavy atom. The smallest absolute Gasteiger partial charge is 0.232 e. The van der Waals surface area contributed by atoms with Gasteiger partial charge < -0.3 is 10.6 Å². The lowest BCUT2D eigenvalue weighted by molar-refractivity contribution is -0.129. The van der Waals surface area contributed by atoms with E-state index in [0.29, 0.717) is 5.75 Å². The molecule has 2 N–H and O–H groups in total. The lowest BCUT2D eigenvalue weighted by Gasteiger charge is -2.30. The van der Waals surface area contributed by atoms with Crippen molar-refractivity contribution in [1.29, 1.82) is 0 Å². The quantitative estimate of drug-likeness (QED) is 0.678. The van der Waals surface area contributed by atoms with Crippen molar-refractivity contribution in [3.05, 3.63) is 0 Å². The number of carbonyl (C=O) groups excluding carboxylic acids is 1. The maximum atomic E-state index is 11.4. The first-order valence-corrected chi connectivity index (χ1v) is 5.65. The highest BCUT2D eigenvalue weighted by Gasteiger charge is 2.20. The minimum atomic E-state index is 0.199. The van der Waals surface area contributed by atoms with Gasteiger partial charge in [0.25, 0.3) is 0 Å². The average molecular weight is 188 g/mol. The molecule has 0 radical (unpaired) electrons. The van der Waals surface area contributed by atoms with Crippen molar-refractivity contribution >= 4 is 17.7 Å². The van der Waals surface area contributed by atoms with Gasteiger partial charge in [0.2, 0.25) is 5.91 Å². The molecule has 1 amide bonds. The number of thioether (sulfide) groups is 1. The van der Waals surface area contributed by atoms with Crippen molar-refractivity contribution in [2.24, 2.45) is 5.73 Å². The number of likely N-dealkylation sites (tertiary alicyclic amines) is 1. The molecule has 0 aromatic carbocycles. The zero-order valence-corrected chi connectivity index (χ0v) is 8.27. The number of hydrogen-bond donors (Lipinski definition) is 1. The molecular formula is C8H16N2OS. The van der Waals surface area contributed by atoms with E-state index in [1.807, 2.05) is 11.2 Å². The summed E-state index contributed by atoms with van der Waals surface area (Å²) in [6.07, 6.45) is 4.06. The van der Waals surface area contributed by atoms with Gasteiger partial charge in [0.05, 0.1) is 5.75 Å². The third-order valence-electron chi connectivity index (χ3n) is 2.08. The lowest BCUT2D eigenvalue weighted by atomic mass is 10.1. The van der Waals surface area contributed by atoms with E-state index in [-0.39, 0.29) is 11.9 Å². The van der Waals surface area contributed by atoms with Crippen LogP contribution in [-0.4, -0.2) is 41.9 Å². The second-order valence-corrected chi connectivity index (χ2v) is 4.04. The van der Waals surface area contributed by atoms with Crippen LogP contribution in [0.1, 0.15) is 12.8 Å². The molecule has 70 valence electrons. The van der Waals surface area contributed by atoms with Crippen LogP contribution in [0.3, 0.4) is 0 Å². The summed E-state index contributed by atoms with van der Waals surface area (Å²) < 4.78 is 0. The van der Waals surface area contributed by atoms with E-state index in [4.69, 9.17) is 5.73 Å². The first-order chi connectivity index (χ1) is 5.74. The molecule has 12 heavy (non-hydrogen) atoms. The maximum absolute atomic E-state index is 11.4. The highest BCUT2D eigenvalue weighted by molar-refractivity contribution is 7.99. The van der Waals surface area contributed by atoms with E-state index < -0.39 is 0 Å². The first-order valence-electron chi connectivity index (χ1n) is 4.26. The molecule has 0 aliphatic carbocycles. The van der Waals surface area contributed by atoms with E-state index in [2.05, 4.69) is 0 Å². The third-order valence-corrected chi connectivity index (χ3v) is 2.61. The molecular weight excluding hydrogens is 172 g/mol. The van der Waals surface area contributed by atoms with Gasteiger partial charge in [-0.15, -0.1) is 0 Å². The number of hydrogen-bond acceptors (Lipinski definition) is 3. The topological polar surface area (TPSA) is 46.3 Å². The minimum absolute atomic E-state index is 0.199. The molecule has 1 fully saturated rings. The van der Waals surface area contributed by atoms with Gasteiger partial charge in [0.15, 0.2) is 0 Å². The van der Waals surface area contributed by atoms with E-state index >= 15 is 0 Å². The van der Waals surface area contributed by atoms with Gasteiger partial charge in [0.1, 0.15) is 0 Å². The van der Waals surface area contributed by atoms with E-state index in [1.54, 1.807) is 11.8 Å². The van der Waals surface area contributed by atoms with Gasteiger partial charge in [-0.1, -0.05) is 0 Å². The van der Waals surface area contributed by atoms with Crippen LogP contribution >= 0.6 is 11.8 Å². The van der Waals surface area contributed by atoms with Crippen LogP contribution in [-0.2, 0) is 4.79 Å². The number of carbonyl (C=O) groups is 1. The zero-order chi connectivity index (χ0) is 8.97. The Hall–Kier alpha value is -0.220. The summed E-state index contributed by atoms with van der Waals surface area (Å²) in [4.78, 5) is 13.3. The Bertz CT molecular complexity index is 163. The Kier molecular flexibility index (Phi) is 3.88. The molecule has 1 aliphatic rings. The Morgan fingerprint density at radius 3 is 3.08 bits per heavy atom. The fraction of sp³-hybridized carbons (Fsp3) is 0.875.